The zero-order valence-corrected chi connectivity index (χ0v) is 20.0. The van der Waals surface area contributed by atoms with Crippen LogP contribution in [0.3, 0.4) is 0 Å². The molecule has 1 fully saturated rings. The van der Waals surface area contributed by atoms with Crippen molar-refractivity contribution in [1.82, 2.24) is 14.9 Å². The van der Waals surface area contributed by atoms with E-state index in [9.17, 15) is 18.0 Å². The van der Waals surface area contributed by atoms with E-state index in [-0.39, 0.29) is 28.2 Å². The maximum absolute atomic E-state index is 13.1. The van der Waals surface area contributed by atoms with Gasteiger partial charge in [0.05, 0.1) is 7.11 Å². The highest BCUT2D eigenvalue weighted by atomic mass is 32.2. The minimum absolute atomic E-state index is 0.0802. The number of carbonyl (C=O) groups excluding carboxylic acids is 2. The molecule has 0 radical (unpaired) electrons. The van der Waals surface area contributed by atoms with Gasteiger partial charge in [0.1, 0.15) is 16.7 Å². The van der Waals surface area contributed by atoms with Crippen LogP contribution in [0.1, 0.15) is 42.6 Å². The molecule has 0 heterocycles. The molecule has 8 nitrogen and oxygen atoms in total. The van der Waals surface area contributed by atoms with Crippen molar-refractivity contribution >= 4 is 21.8 Å². The lowest BCUT2D eigenvalue weighted by Crippen LogP contribution is -2.48. The molecule has 1 unspecified atom stereocenters. The van der Waals surface area contributed by atoms with Crippen LogP contribution >= 0.6 is 0 Å². The van der Waals surface area contributed by atoms with Crippen molar-refractivity contribution in [2.24, 2.45) is 0 Å². The van der Waals surface area contributed by atoms with Gasteiger partial charge in [-0.05, 0) is 36.6 Å². The summed E-state index contributed by atoms with van der Waals surface area (Å²) in [7, 11) is -2.47. The van der Waals surface area contributed by atoms with Crippen molar-refractivity contribution in [3.63, 3.8) is 0 Å². The molecule has 0 bridgehead atoms. The molecule has 1 atom stereocenters. The molecule has 2 aromatic carbocycles. The molecule has 33 heavy (non-hydrogen) atoms. The van der Waals surface area contributed by atoms with E-state index in [2.05, 4.69) is 10.6 Å². The maximum atomic E-state index is 13.1. The van der Waals surface area contributed by atoms with E-state index in [0.717, 1.165) is 18.4 Å². The summed E-state index contributed by atoms with van der Waals surface area (Å²) < 4.78 is 32.8. The standard InChI is InChI=1S/C24H31N3O5S/c1-4-27(5-2)33(30,31)22-16-18(11-14-21(22)32-3)23(28)26-20(24(29)25-19-12-13-19)15-17-9-7-6-8-10-17/h6-11,14,16,19-20H,4-5,12-13,15H2,1-3H3,(H,25,29)(H,26,28). The quantitative estimate of drug-likeness (QED) is 0.521. The molecule has 2 aromatic rings. The molecule has 0 saturated heterocycles. The second kappa shape index (κ2) is 10.8. The SMILES string of the molecule is CCN(CC)S(=O)(=O)c1cc(C(=O)NC(Cc2ccccc2)C(=O)NC2CC2)ccc1OC. The Kier molecular flexibility index (Phi) is 8.10. The van der Waals surface area contributed by atoms with E-state index in [4.69, 9.17) is 4.74 Å². The Morgan fingerprint density at radius 1 is 1.09 bits per heavy atom. The molecule has 0 spiro atoms. The fourth-order valence-electron chi connectivity index (χ4n) is 3.55. The van der Waals surface area contributed by atoms with Crippen molar-refractivity contribution < 1.29 is 22.7 Å². The van der Waals surface area contributed by atoms with Crippen LogP contribution in [0.4, 0.5) is 0 Å². The third kappa shape index (κ3) is 6.11. The zero-order valence-electron chi connectivity index (χ0n) is 19.2. The first-order chi connectivity index (χ1) is 15.8. The van der Waals surface area contributed by atoms with Gasteiger partial charge in [0.2, 0.25) is 15.9 Å². The lowest BCUT2D eigenvalue weighted by atomic mass is 10.0. The van der Waals surface area contributed by atoms with Gasteiger partial charge in [0.25, 0.3) is 5.91 Å². The summed E-state index contributed by atoms with van der Waals surface area (Å²) in [5.74, 6) is -0.620. The number of nitrogens with zero attached hydrogens (tertiary/aromatic N) is 1. The van der Waals surface area contributed by atoms with E-state index < -0.39 is 22.0 Å². The number of amides is 2. The first-order valence-corrected chi connectivity index (χ1v) is 12.6. The Morgan fingerprint density at radius 3 is 2.33 bits per heavy atom. The van der Waals surface area contributed by atoms with Crippen LogP contribution in [0, 0.1) is 0 Å². The fourth-order valence-corrected chi connectivity index (χ4v) is 5.19. The molecule has 0 aromatic heterocycles. The molecule has 0 aliphatic heterocycles. The van der Waals surface area contributed by atoms with E-state index >= 15 is 0 Å². The second-order valence-corrected chi connectivity index (χ2v) is 9.86. The second-order valence-electron chi connectivity index (χ2n) is 7.95. The van der Waals surface area contributed by atoms with Crippen LogP contribution in [0.2, 0.25) is 0 Å². The van der Waals surface area contributed by atoms with Crippen molar-refractivity contribution in [3.05, 3.63) is 59.7 Å². The van der Waals surface area contributed by atoms with E-state index in [0.29, 0.717) is 19.5 Å². The average Bonchev–Trinajstić information content (AvgIpc) is 3.63. The van der Waals surface area contributed by atoms with Gasteiger partial charge in [-0.15, -0.1) is 0 Å². The molecule has 3 rings (SSSR count). The number of hydrogen-bond donors (Lipinski definition) is 2. The minimum Gasteiger partial charge on any atom is -0.495 e. The molecule has 1 aliphatic rings. The topological polar surface area (TPSA) is 105 Å². The summed E-state index contributed by atoms with van der Waals surface area (Å²) in [5.41, 5.74) is 1.05. The van der Waals surface area contributed by atoms with Crippen molar-refractivity contribution in [3.8, 4) is 5.75 Å². The summed E-state index contributed by atoms with van der Waals surface area (Å²) in [6.45, 7) is 4.07. The summed E-state index contributed by atoms with van der Waals surface area (Å²) in [5, 5.41) is 5.73. The van der Waals surface area contributed by atoms with Gasteiger partial charge >= 0.3 is 0 Å². The van der Waals surface area contributed by atoms with Gasteiger partial charge in [-0.2, -0.15) is 4.31 Å². The van der Waals surface area contributed by atoms with Gasteiger partial charge < -0.3 is 15.4 Å². The lowest BCUT2D eigenvalue weighted by Gasteiger charge is -2.21. The summed E-state index contributed by atoms with van der Waals surface area (Å²) >= 11 is 0. The lowest BCUT2D eigenvalue weighted by molar-refractivity contribution is -0.123. The van der Waals surface area contributed by atoms with Gasteiger partial charge in [-0.25, -0.2) is 8.42 Å². The Balaban J connectivity index is 1.87. The van der Waals surface area contributed by atoms with Crippen molar-refractivity contribution in [2.45, 2.75) is 50.1 Å². The van der Waals surface area contributed by atoms with Gasteiger partial charge in [-0.1, -0.05) is 44.2 Å². The molecular weight excluding hydrogens is 442 g/mol. The van der Waals surface area contributed by atoms with Gasteiger partial charge in [0, 0.05) is 31.1 Å². The molecule has 2 N–H and O–H groups in total. The van der Waals surface area contributed by atoms with Crippen LogP contribution in [-0.4, -0.2) is 56.8 Å². The van der Waals surface area contributed by atoms with Crippen LogP contribution in [-0.2, 0) is 21.2 Å². The zero-order chi connectivity index (χ0) is 24.0. The largest absolute Gasteiger partial charge is 0.495 e. The number of carbonyl (C=O) groups is 2. The van der Waals surface area contributed by atoms with E-state index in [1.165, 1.54) is 29.6 Å². The number of nitrogens with one attached hydrogen (secondary N) is 2. The number of ether oxygens (including phenoxy) is 1. The highest BCUT2D eigenvalue weighted by molar-refractivity contribution is 7.89. The minimum atomic E-state index is -3.85. The number of rotatable bonds is 11. The molecule has 2 amide bonds. The summed E-state index contributed by atoms with van der Waals surface area (Å²) in [4.78, 5) is 25.8. The number of hydrogen-bond acceptors (Lipinski definition) is 5. The van der Waals surface area contributed by atoms with Gasteiger partial charge in [0.15, 0.2) is 0 Å². The number of methoxy groups -OCH3 is 1. The molecule has 1 aliphatic carbocycles. The smallest absolute Gasteiger partial charge is 0.251 e. The highest BCUT2D eigenvalue weighted by Crippen LogP contribution is 2.28. The van der Waals surface area contributed by atoms with Gasteiger partial charge in [-0.3, -0.25) is 9.59 Å². The molecular formula is C24H31N3O5S. The van der Waals surface area contributed by atoms with Crippen molar-refractivity contribution in [1.29, 1.82) is 0 Å². The first-order valence-electron chi connectivity index (χ1n) is 11.1. The predicted octanol–water partition coefficient (Wildman–Crippen LogP) is 2.35. The fraction of sp³-hybridized carbons (Fsp3) is 0.417. The highest BCUT2D eigenvalue weighted by Gasteiger charge is 2.30. The van der Waals surface area contributed by atoms with Crippen LogP contribution in [0.25, 0.3) is 0 Å². The molecule has 1 saturated carbocycles. The summed E-state index contributed by atoms with van der Waals surface area (Å²) in [6, 6.07) is 13.1. The number of benzene rings is 2. The van der Waals surface area contributed by atoms with Crippen LogP contribution in [0.5, 0.6) is 5.75 Å². The number of sulfonamides is 1. The molecule has 9 heteroatoms. The Labute approximate surface area is 195 Å². The Hall–Kier alpha value is -2.91. The Morgan fingerprint density at radius 2 is 1.76 bits per heavy atom. The first kappa shape index (κ1) is 24.7. The monoisotopic (exact) mass is 473 g/mol. The third-order valence-corrected chi connectivity index (χ3v) is 7.65. The normalized spacial score (nSPS) is 14.5. The van der Waals surface area contributed by atoms with Crippen LogP contribution < -0.4 is 15.4 Å². The summed E-state index contributed by atoms with van der Waals surface area (Å²) in [6.07, 6.45) is 2.19. The maximum Gasteiger partial charge on any atom is 0.251 e. The van der Waals surface area contributed by atoms with E-state index in [1.54, 1.807) is 13.8 Å². The molecule has 178 valence electrons. The van der Waals surface area contributed by atoms with Crippen molar-refractivity contribution in [2.75, 3.05) is 20.2 Å². The van der Waals surface area contributed by atoms with Crippen LogP contribution in [0.15, 0.2) is 53.4 Å². The third-order valence-electron chi connectivity index (χ3n) is 5.58. The predicted molar refractivity (Wildman–Crippen MR) is 126 cm³/mol. The van der Waals surface area contributed by atoms with E-state index in [1.807, 2.05) is 30.3 Å². The Bertz CT molecular complexity index is 1080. The average molecular weight is 474 g/mol.